The van der Waals surface area contributed by atoms with Gasteiger partial charge in [-0.3, -0.25) is 9.59 Å². The Hall–Kier alpha value is -2.54. The van der Waals surface area contributed by atoms with E-state index in [1.165, 1.54) is 0 Å². The Morgan fingerprint density at radius 2 is 2.03 bits per heavy atom. The van der Waals surface area contributed by atoms with Gasteiger partial charge in [-0.1, -0.05) is 12.1 Å². The maximum atomic E-state index is 13.2. The summed E-state index contributed by atoms with van der Waals surface area (Å²) in [5.74, 6) is 3.15. The number of aromatic nitrogens is 1. The van der Waals surface area contributed by atoms with Crippen LogP contribution in [0.2, 0.25) is 0 Å². The normalized spacial score (nSPS) is 22.5. The van der Waals surface area contributed by atoms with Gasteiger partial charge >= 0.3 is 0 Å². The van der Waals surface area contributed by atoms with Crippen molar-refractivity contribution in [1.82, 2.24) is 9.88 Å². The summed E-state index contributed by atoms with van der Waals surface area (Å²) in [4.78, 5) is 32.0. The molecule has 156 valence electrons. The Labute approximate surface area is 180 Å². The first kappa shape index (κ1) is 19.4. The first-order valence-corrected chi connectivity index (χ1v) is 11.6. The van der Waals surface area contributed by atoms with Crippen LogP contribution in [-0.4, -0.2) is 57.9 Å². The number of rotatable bonds is 3. The molecular weight excluding hydrogens is 400 g/mol. The highest BCUT2D eigenvalue weighted by Gasteiger charge is 2.43. The van der Waals surface area contributed by atoms with Crippen molar-refractivity contribution in [3.05, 3.63) is 53.7 Å². The Kier molecular flexibility index (Phi) is 5.15. The quantitative estimate of drug-likeness (QED) is 0.750. The third kappa shape index (κ3) is 3.67. The molecule has 2 saturated heterocycles. The van der Waals surface area contributed by atoms with Crippen molar-refractivity contribution in [1.29, 1.82) is 0 Å². The summed E-state index contributed by atoms with van der Waals surface area (Å²) in [6.45, 7) is 1.09. The summed E-state index contributed by atoms with van der Waals surface area (Å²) < 4.78 is 12.3. The molecule has 1 atom stereocenters. The summed E-state index contributed by atoms with van der Waals surface area (Å²) in [7, 11) is 0. The minimum atomic E-state index is -0.516. The molecule has 1 spiro atoms. The van der Waals surface area contributed by atoms with Crippen LogP contribution in [0.15, 0.2) is 42.6 Å². The molecule has 1 aromatic heterocycles. The van der Waals surface area contributed by atoms with E-state index in [-0.39, 0.29) is 17.8 Å². The number of thioether (sulfide) groups is 1. The lowest BCUT2D eigenvalue weighted by Crippen LogP contribution is -2.52. The fourth-order valence-electron chi connectivity index (χ4n) is 4.42. The van der Waals surface area contributed by atoms with E-state index in [1.807, 2.05) is 40.9 Å². The molecule has 2 aromatic rings. The predicted octanol–water partition coefficient (Wildman–Crippen LogP) is 3.61. The first-order valence-electron chi connectivity index (χ1n) is 10.4. The van der Waals surface area contributed by atoms with Crippen molar-refractivity contribution in [3.8, 4) is 11.6 Å². The lowest BCUT2D eigenvalue weighted by Gasteiger charge is -2.44. The van der Waals surface area contributed by atoms with Crippen molar-refractivity contribution in [3.63, 3.8) is 0 Å². The zero-order chi connectivity index (χ0) is 20.6. The number of Topliss-reactive ketones (excluding diaryl/α,β-unsaturated/α-hetero) is 1. The molecule has 0 bridgehead atoms. The highest BCUT2D eigenvalue weighted by molar-refractivity contribution is 7.99. The van der Waals surface area contributed by atoms with Crippen LogP contribution >= 0.6 is 11.8 Å². The summed E-state index contributed by atoms with van der Waals surface area (Å²) in [6.07, 6.45) is 4.39. The van der Waals surface area contributed by atoms with Crippen LogP contribution in [-0.2, 0) is 0 Å². The predicted molar refractivity (Wildman–Crippen MR) is 114 cm³/mol. The van der Waals surface area contributed by atoms with Crippen molar-refractivity contribution in [2.75, 3.05) is 24.6 Å². The molecule has 0 aliphatic carbocycles. The van der Waals surface area contributed by atoms with Crippen LogP contribution in [0.1, 0.15) is 46.4 Å². The SMILES string of the molecule is O=C1CC2(CCN(C(=O)c3cccnc3OC3CCSC3)CC2)Oc2ccccc21. The van der Waals surface area contributed by atoms with E-state index in [0.717, 1.165) is 17.9 Å². The monoisotopic (exact) mass is 424 g/mol. The topological polar surface area (TPSA) is 68.7 Å². The van der Waals surface area contributed by atoms with Gasteiger partial charge in [-0.15, -0.1) is 0 Å². The molecule has 0 N–H and O–H groups in total. The number of hydrogen-bond donors (Lipinski definition) is 0. The molecule has 0 saturated carbocycles. The smallest absolute Gasteiger partial charge is 0.259 e. The molecule has 7 heteroatoms. The second-order valence-electron chi connectivity index (χ2n) is 8.13. The average Bonchev–Trinajstić information content (AvgIpc) is 3.27. The van der Waals surface area contributed by atoms with E-state index in [4.69, 9.17) is 9.47 Å². The van der Waals surface area contributed by atoms with Gasteiger partial charge in [-0.2, -0.15) is 11.8 Å². The average molecular weight is 425 g/mol. The molecule has 5 rings (SSSR count). The van der Waals surface area contributed by atoms with E-state index >= 15 is 0 Å². The van der Waals surface area contributed by atoms with Gasteiger partial charge in [0.05, 0.1) is 12.0 Å². The zero-order valence-corrected chi connectivity index (χ0v) is 17.5. The lowest BCUT2D eigenvalue weighted by molar-refractivity contribution is -0.00580. The molecule has 1 aromatic carbocycles. The number of fused-ring (bicyclic) bond motifs is 1. The summed E-state index contributed by atoms with van der Waals surface area (Å²) >= 11 is 1.86. The Balaban J connectivity index is 1.28. The fraction of sp³-hybridized carbons (Fsp3) is 0.435. The molecule has 30 heavy (non-hydrogen) atoms. The number of carbonyl (C=O) groups is 2. The fourth-order valence-corrected chi connectivity index (χ4v) is 5.51. The summed E-state index contributed by atoms with van der Waals surface area (Å²) in [5.41, 5.74) is 0.651. The number of benzene rings is 1. The maximum absolute atomic E-state index is 13.2. The molecule has 1 unspecified atom stereocenters. The van der Waals surface area contributed by atoms with E-state index < -0.39 is 5.60 Å². The van der Waals surface area contributed by atoms with Crippen LogP contribution in [0, 0.1) is 0 Å². The van der Waals surface area contributed by atoms with Crippen LogP contribution in [0.4, 0.5) is 0 Å². The third-order valence-electron chi connectivity index (χ3n) is 6.13. The number of para-hydroxylation sites is 1. The number of amides is 1. The number of ketones is 1. The number of piperidine rings is 1. The Morgan fingerprint density at radius 3 is 2.83 bits per heavy atom. The van der Waals surface area contributed by atoms with Crippen molar-refractivity contribution >= 4 is 23.5 Å². The number of hydrogen-bond acceptors (Lipinski definition) is 6. The highest BCUT2D eigenvalue weighted by atomic mass is 32.2. The number of nitrogens with zero attached hydrogens (tertiary/aromatic N) is 2. The van der Waals surface area contributed by atoms with Gasteiger partial charge in [0, 0.05) is 37.9 Å². The largest absolute Gasteiger partial charge is 0.486 e. The van der Waals surface area contributed by atoms with Gasteiger partial charge in [-0.25, -0.2) is 4.98 Å². The molecule has 1 amide bonds. The van der Waals surface area contributed by atoms with Gasteiger partial charge in [0.25, 0.3) is 5.91 Å². The molecular formula is C23H24N2O4S. The molecule has 0 radical (unpaired) electrons. The second kappa shape index (κ2) is 7.95. The van der Waals surface area contributed by atoms with Crippen molar-refractivity contribution in [2.45, 2.75) is 37.4 Å². The van der Waals surface area contributed by atoms with Crippen LogP contribution < -0.4 is 9.47 Å². The molecule has 6 nitrogen and oxygen atoms in total. The third-order valence-corrected chi connectivity index (χ3v) is 7.26. The molecule has 2 fully saturated rings. The highest BCUT2D eigenvalue weighted by Crippen LogP contribution is 2.39. The number of carbonyl (C=O) groups excluding carboxylic acids is 2. The standard InChI is InChI=1S/C23H24N2O4S/c26-19-14-23(29-20-6-2-1-4-17(19)20)8-11-25(12-9-23)22(27)18-5-3-10-24-21(18)28-16-7-13-30-15-16/h1-6,10,16H,7-9,11-15H2. The van der Waals surface area contributed by atoms with Crippen molar-refractivity contribution < 1.29 is 19.1 Å². The Bertz CT molecular complexity index is 965. The van der Waals surface area contributed by atoms with Gasteiger partial charge < -0.3 is 14.4 Å². The lowest BCUT2D eigenvalue weighted by atomic mass is 9.82. The van der Waals surface area contributed by atoms with E-state index in [1.54, 1.807) is 18.3 Å². The summed E-state index contributed by atoms with van der Waals surface area (Å²) in [5, 5.41) is 0. The molecule has 3 aliphatic heterocycles. The van der Waals surface area contributed by atoms with Crippen molar-refractivity contribution in [2.24, 2.45) is 0 Å². The number of likely N-dealkylation sites (tertiary alicyclic amines) is 1. The van der Waals surface area contributed by atoms with E-state index in [9.17, 15) is 9.59 Å². The minimum absolute atomic E-state index is 0.0684. The molecule has 3 aliphatic rings. The van der Waals surface area contributed by atoms with Gasteiger partial charge in [0.15, 0.2) is 5.78 Å². The van der Waals surface area contributed by atoms with E-state index in [0.29, 0.717) is 55.1 Å². The molecule has 4 heterocycles. The second-order valence-corrected chi connectivity index (χ2v) is 9.28. The summed E-state index contributed by atoms with van der Waals surface area (Å²) in [6, 6.07) is 11.0. The van der Waals surface area contributed by atoms with Gasteiger partial charge in [0.2, 0.25) is 5.88 Å². The zero-order valence-electron chi connectivity index (χ0n) is 16.7. The Morgan fingerprint density at radius 1 is 1.20 bits per heavy atom. The van der Waals surface area contributed by atoms with Crippen LogP contribution in [0.25, 0.3) is 0 Å². The van der Waals surface area contributed by atoms with E-state index in [2.05, 4.69) is 4.98 Å². The number of ether oxygens (including phenoxy) is 2. The number of pyridine rings is 1. The first-order chi connectivity index (χ1) is 14.6. The van der Waals surface area contributed by atoms with Crippen LogP contribution in [0.5, 0.6) is 11.6 Å². The maximum Gasteiger partial charge on any atom is 0.259 e. The van der Waals surface area contributed by atoms with Gasteiger partial charge in [0.1, 0.15) is 23.0 Å². The minimum Gasteiger partial charge on any atom is -0.486 e. The van der Waals surface area contributed by atoms with Gasteiger partial charge in [-0.05, 0) is 36.4 Å². The van der Waals surface area contributed by atoms with Crippen LogP contribution in [0.3, 0.4) is 0 Å².